The fourth-order valence-electron chi connectivity index (χ4n) is 5.30. The van der Waals surface area contributed by atoms with Crippen molar-refractivity contribution in [3.05, 3.63) is 68.0 Å². The van der Waals surface area contributed by atoms with Gasteiger partial charge >= 0.3 is 5.69 Å². The number of hydrogen-bond donors (Lipinski definition) is 1. The van der Waals surface area contributed by atoms with E-state index in [-0.39, 0.29) is 29.2 Å². The summed E-state index contributed by atoms with van der Waals surface area (Å²) >= 11 is 0. The van der Waals surface area contributed by atoms with Crippen LogP contribution in [0.25, 0.3) is 11.3 Å². The third kappa shape index (κ3) is 3.88. The standard InChI is InChI=1S/C26H32N6O3/c1-16(2)31-21(15-22(33)32(17(3)4)26(31)35)29-11-13-30(14-12-29)25(34)24-20-10-9-18-7-5-6-8-19(18)23(20)27-28-24/h5-8,15-17H,9-14H2,1-4H3,(H,27,28). The van der Waals surface area contributed by atoms with Gasteiger partial charge in [0.25, 0.3) is 11.5 Å². The maximum Gasteiger partial charge on any atom is 0.333 e. The molecule has 1 amide bonds. The van der Waals surface area contributed by atoms with E-state index in [1.165, 1.54) is 10.1 Å². The molecular weight excluding hydrogens is 444 g/mol. The van der Waals surface area contributed by atoms with Gasteiger partial charge in [0.1, 0.15) is 11.5 Å². The lowest BCUT2D eigenvalue weighted by molar-refractivity contribution is 0.0739. The van der Waals surface area contributed by atoms with E-state index in [1.807, 2.05) is 49.6 Å². The van der Waals surface area contributed by atoms with E-state index in [2.05, 4.69) is 22.3 Å². The van der Waals surface area contributed by atoms with Crippen LogP contribution in [0.4, 0.5) is 5.82 Å². The summed E-state index contributed by atoms with van der Waals surface area (Å²) in [5, 5.41) is 7.50. The molecule has 9 nitrogen and oxygen atoms in total. The molecule has 2 aliphatic rings. The first-order valence-corrected chi connectivity index (χ1v) is 12.4. The number of amides is 1. The number of aromatic nitrogens is 4. The molecule has 1 N–H and O–H groups in total. The Bertz CT molecular complexity index is 1390. The van der Waals surface area contributed by atoms with Crippen molar-refractivity contribution in [2.45, 2.75) is 52.6 Å². The van der Waals surface area contributed by atoms with Crippen molar-refractivity contribution in [1.29, 1.82) is 0 Å². The quantitative estimate of drug-likeness (QED) is 0.625. The van der Waals surface area contributed by atoms with Crippen molar-refractivity contribution in [3.8, 4) is 11.3 Å². The molecule has 0 saturated carbocycles. The third-order valence-corrected chi connectivity index (χ3v) is 7.07. The highest BCUT2D eigenvalue weighted by atomic mass is 16.2. The molecule has 1 fully saturated rings. The minimum atomic E-state index is -0.292. The van der Waals surface area contributed by atoms with Gasteiger partial charge < -0.3 is 9.80 Å². The van der Waals surface area contributed by atoms with Gasteiger partial charge in [0.2, 0.25) is 0 Å². The van der Waals surface area contributed by atoms with Gasteiger partial charge in [-0.2, -0.15) is 5.10 Å². The van der Waals surface area contributed by atoms with E-state index in [0.717, 1.165) is 29.7 Å². The number of nitrogens with zero attached hydrogens (tertiary/aromatic N) is 5. The molecule has 0 atom stereocenters. The molecule has 3 heterocycles. The van der Waals surface area contributed by atoms with Gasteiger partial charge in [0.15, 0.2) is 0 Å². The van der Waals surface area contributed by atoms with E-state index in [0.29, 0.717) is 37.7 Å². The van der Waals surface area contributed by atoms with Crippen molar-refractivity contribution in [1.82, 2.24) is 24.2 Å². The number of aryl methyl sites for hydroxylation is 1. The normalized spacial score (nSPS) is 15.5. The molecule has 0 bridgehead atoms. The number of H-pyrrole nitrogens is 1. The number of anilines is 1. The smallest absolute Gasteiger partial charge is 0.333 e. The molecule has 0 radical (unpaired) electrons. The van der Waals surface area contributed by atoms with Crippen LogP contribution in [0.3, 0.4) is 0 Å². The summed E-state index contributed by atoms with van der Waals surface area (Å²) in [6.45, 7) is 9.66. The lowest BCUT2D eigenvalue weighted by atomic mass is 9.89. The number of rotatable bonds is 4. The number of carbonyl (C=O) groups excluding carboxylic acids is 1. The van der Waals surface area contributed by atoms with Crippen molar-refractivity contribution < 1.29 is 4.79 Å². The number of carbonyl (C=O) groups is 1. The minimum absolute atomic E-state index is 0.0470. The second-order valence-corrected chi connectivity index (χ2v) is 9.91. The van der Waals surface area contributed by atoms with Gasteiger partial charge in [0, 0.05) is 55.5 Å². The number of piperazine rings is 1. The predicted octanol–water partition coefficient (Wildman–Crippen LogP) is 2.62. The Kier molecular flexibility index (Phi) is 5.86. The van der Waals surface area contributed by atoms with Crippen LogP contribution < -0.4 is 16.1 Å². The van der Waals surface area contributed by atoms with E-state index in [1.54, 1.807) is 10.6 Å². The SMILES string of the molecule is CC(C)n1c(N2CCN(C(=O)c3[nH]nc4c3CCc3ccccc3-4)CC2)cc(=O)n(C(C)C)c1=O. The Balaban J connectivity index is 1.37. The summed E-state index contributed by atoms with van der Waals surface area (Å²) in [5.41, 5.74) is 4.20. The van der Waals surface area contributed by atoms with Crippen LogP contribution in [0, 0.1) is 0 Å². The zero-order valence-electron chi connectivity index (χ0n) is 20.7. The summed E-state index contributed by atoms with van der Waals surface area (Å²) < 4.78 is 2.98. The molecule has 3 aromatic rings. The molecule has 184 valence electrons. The number of nitrogens with one attached hydrogen (secondary N) is 1. The fraction of sp³-hybridized carbons (Fsp3) is 0.462. The van der Waals surface area contributed by atoms with Gasteiger partial charge in [0.05, 0.1) is 5.69 Å². The van der Waals surface area contributed by atoms with Gasteiger partial charge in [-0.3, -0.25) is 23.8 Å². The Hall–Kier alpha value is -3.62. The van der Waals surface area contributed by atoms with Crippen LogP contribution in [0.1, 0.15) is 61.4 Å². The highest BCUT2D eigenvalue weighted by Crippen LogP contribution is 2.33. The summed E-state index contributed by atoms with van der Waals surface area (Å²) in [7, 11) is 0. The second-order valence-electron chi connectivity index (χ2n) is 9.91. The zero-order valence-corrected chi connectivity index (χ0v) is 20.7. The highest BCUT2D eigenvalue weighted by molar-refractivity contribution is 5.96. The summed E-state index contributed by atoms with van der Waals surface area (Å²) in [6.07, 6.45) is 1.68. The van der Waals surface area contributed by atoms with Gasteiger partial charge in [-0.15, -0.1) is 0 Å². The van der Waals surface area contributed by atoms with E-state index < -0.39 is 0 Å². The molecule has 0 spiro atoms. The van der Waals surface area contributed by atoms with Crippen molar-refractivity contribution >= 4 is 11.7 Å². The molecule has 1 saturated heterocycles. The van der Waals surface area contributed by atoms with Crippen molar-refractivity contribution in [2.75, 3.05) is 31.1 Å². The predicted molar refractivity (Wildman–Crippen MR) is 135 cm³/mol. The zero-order chi connectivity index (χ0) is 24.9. The summed E-state index contributed by atoms with van der Waals surface area (Å²) in [4.78, 5) is 43.1. The molecule has 1 aromatic carbocycles. The first kappa shape index (κ1) is 23.1. The first-order valence-electron chi connectivity index (χ1n) is 12.4. The van der Waals surface area contributed by atoms with Crippen LogP contribution in [0.2, 0.25) is 0 Å². The van der Waals surface area contributed by atoms with Crippen molar-refractivity contribution in [2.24, 2.45) is 0 Å². The Labute approximate surface area is 204 Å². The average molecular weight is 477 g/mol. The Morgan fingerprint density at radius 2 is 1.63 bits per heavy atom. The van der Waals surface area contributed by atoms with Crippen molar-refractivity contribution in [3.63, 3.8) is 0 Å². The largest absolute Gasteiger partial charge is 0.354 e. The van der Waals surface area contributed by atoms with Gasteiger partial charge in [-0.1, -0.05) is 24.3 Å². The Morgan fingerprint density at radius 3 is 2.31 bits per heavy atom. The summed E-state index contributed by atoms with van der Waals surface area (Å²) in [6, 6.07) is 9.46. The van der Waals surface area contributed by atoms with Crippen LogP contribution >= 0.6 is 0 Å². The molecule has 1 aliphatic heterocycles. The lowest BCUT2D eigenvalue weighted by Crippen LogP contribution is -2.52. The average Bonchev–Trinajstić information content (AvgIpc) is 3.27. The van der Waals surface area contributed by atoms with Crippen LogP contribution in [-0.2, 0) is 12.8 Å². The number of fused-ring (bicyclic) bond motifs is 3. The monoisotopic (exact) mass is 476 g/mol. The number of hydrogen-bond acceptors (Lipinski definition) is 5. The number of aromatic amines is 1. The Morgan fingerprint density at radius 1 is 0.943 bits per heavy atom. The van der Waals surface area contributed by atoms with Crippen LogP contribution in [0.5, 0.6) is 0 Å². The van der Waals surface area contributed by atoms with E-state index in [4.69, 9.17) is 0 Å². The molecule has 5 rings (SSSR count). The molecule has 2 aromatic heterocycles. The van der Waals surface area contributed by atoms with E-state index >= 15 is 0 Å². The van der Waals surface area contributed by atoms with Gasteiger partial charge in [-0.25, -0.2) is 4.79 Å². The third-order valence-electron chi connectivity index (χ3n) is 7.07. The van der Waals surface area contributed by atoms with E-state index in [9.17, 15) is 14.4 Å². The molecule has 1 aliphatic carbocycles. The highest BCUT2D eigenvalue weighted by Gasteiger charge is 2.30. The minimum Gasteiger partial charge on any atom is -0.354 e. The first-order chi connectivity index (χ1) is 16.8. The van der Waals surface area contributed by atoms with Crippen LogP contribution in [-0.4, -0.2) is 56.3 Å². The lowest BCUT2D eigenvalue weighted by Gasteiger charge is -2.37. The topological polar surface area (TPSA) is 96.2 Å². The molecular formula is C26H32N6O3. The fourth-order valence-corrected chi connectivity index (χ4v) is 5.30. The molecule has 35 heavy (non-hydrogen) atoms. The molecule has 9 heteroatoms. The summed E-state index contributed by atoms with van der Waals surface area (Å²) in [5.74, 6) is 0.573. The second kappa shape index (κ2) is 8.87. The molecule has 0 unspecified atom stereocenters. The maximum atomic E-state index is 13.4. The van der Waals surface area contributed by atoms with Gasteiger partial charge in [-0.05, 0) is 46.1 Å². The number of benzene rings is 1. The van der Waals surface area contributed by atoms with Crippen LogP contribution in [0.15, 0.2) is 39.9 Å². The maximum absolute atomic E-state index is 13.4.